The number of rotatable bonds is 11. The van der Waals surface area contributed by atoms with Gasteiger partial charge >= 0.3 is 155 Å². The molecule has 0 aromatic heterocycles. The van der Waals surface area contributed by atoms with Crippen LogP contribution in [-0.4, -0.2) is 23.5 Å². The number of hydrogen-bond donors (Lipinski definition) is 1. The summed E-state index contributed by atoms with van der Waals surface area (Å²) in [6.07, 6.45) is 2.38. The van der Waals surface area contributed by atoms with Gasteiger partial charge in [-0.2, -0.15) is 0 Å². The molecule has 1 unspecified atom stereocenters. The molecule has 1 nitrogen and oxygen atoms in total. The van der Waals surface area contributed by atoms with Gasteiger partial charge in [0.2, 0.25) is 0 Å². The van der Waals surface area contributed by atoms with E-state index in [1.54, 1.807) is 0 Å². The van der Waals surface area contributed by atoms with Gasteiger partial charge in [-0.3, -0.25) is 0 Å². The van der Waals surface area contributed by atoms with Crippen LogP contribution in [0.15, 0.2) is 24.3 Å². The van der Waals surface area contributed by atoms with Crippen LogP contribution in [-0.2, 0) is 6.18 Å². The number of aliphatic hydroxyl groups is 1. The first-order valence-electron chi connectivity index (χ1n) is 9.66. The fourth-order valence-electron chi connectivity index (χ4n) is 3.58. The summed E-state index contributed by atoms with van der Waals surface area (Å²) in [7, 11) is 0. The summed E-state index contributed by atoms with van der Waals surface area (Å²) in [6.45, 7) is 6.50. The van der Waals surface area contributed by atoms with Crippen molar-refractivity contribution in [1.82, 2.24) is 0 Å². The molecular weight excluding hydrogens is 432 g/mol. The number of alkyl halides is 3. The van der Waals surface area contributed by atoms with Crippen LogP contribution >= 0.6 is 0 Å². The molecular formula is C20H33F3OSn. The fourth-order valence-corrected chi connectivity index (χ4v) is 19.7. The van der Waals surface area contributed by atoms with Crippen LogP contribution in [0.25, 0.3) is 0 Å². The van der Waals surface area contributed by atoms with Crippen LogP contribution in [0.5, 0.6) is 0 Å². The van der Waals surface area contributed by atoms with Gasteiger partial charge in [0.1, 0.15) is 0 Å². The van der Waals surface area contributed by atoms with Crippen LogP contribution in [0.3, 0.4) is 0 Å². The summed E-state index contributed by atoms with van der Waals surface area (Å²) < 4.78 is 41.3. The van der Waals surface area contributed by atoms with Gasteiger partial charge in [0, 0.05) is 0 Å². The molecule has 0 bridgehead atoms. The van der Waals surface area contributed by atoms with Crippen molar-refractivity contribution >= 4 is 18.4 Å². The number of aliphatic hydroxyl groups excluding tert-OH is 1. The zero-order chi connectivity index (χ0) is 18.9. The number of hydrogen-bond acceptors (Lipinski definition) is 1. The molecule has 0 heterocycles. The average molecular weight is 465 g/mol. The summed E-state index contributed by atoms with van der Waals surface area (Å²) >= 11 is -2.89. The molecule has 1 rings (SSSR count). The van der Waals surface area contributed by atoms with E-state index in [9.17, 15) is 18.3 Å². The normalized spacial score (nSPS) is 13.9. The molecule has 0 radical (unpaired) electrons. The van der Waals surface area contributed by atoms with E-state index in [0.29, 0.717) is 5.56 Å². The molecule has 0 saturated heterocycles. The average Bonchev–Trinajstić information content (AvgIpc) is 2.60. The molecule has 25 heavy (non-hydrogen) atoms. The maximum atomic E-state index is 12.8. The minimum atomic E-state index is -4.32. The molecule has 5 heteroatoms. The Balaban J connectivity index is 3.11. The first-order chi connectivity index (χ1) is 11.8. The van der Waals surface area contributed by atoms with Crippen molar-refractivity contribution < 1.29 is 18.3 Å². The quantitative estimate of drug-likeness (QED) is 0.345. The van der Waals surface area contributed by atoms with Gasteiger partial charge in [0.25, 0.3) is 0 Å². The van der Waals surface area contributed by atoms with Crippen molar-refractivity contribution in [3.63, 3.8) is 0 Å². The molecule has 1 aromatic carbocycles. The Hall–Kier alpha value is -0.231. The number of halogens is 3. The SMILES string of the molecule is CCC[CH2][Sn]([CH2]CCC)([CH2]CCC)[CH](O)c1ccc(C(F)(F)F)cc1. The zero-order valence-electron chi connectivity index (χ0n) is 15.8. The molecule has 1 atom stereocenters. The first kappa shape index (κ1) is 22.8. The Morgan fingerprint density at radius 3 is 1.56 bits per heavy atom. The maximum absolute atomic E-state index is 12.8. The zero-order valence-corrected chi connectivity index (χ0v) is 18.7. The Morgan fingerprint density at radius 1 is 0.840 bits per heavy atom. The standard InChI is InChI=1S/C8H6F3O.3C4H9.Sn/c9-8(10,11)7-3-1-6(5-12)2-4-7;3*1-3-4-2;/h1-5,12H;3*1,3-4H2,2H3;. The van der Waals surface area contributed by atoms with Crippen molar-refractivity contribution in [3.05, 3.63) is 35.4 Å². The second-order valence-corrected chi connectivity index (χ2v) is 20.8. The fraction of sp³-hybridized carbons (Fsp3) is 0.700. The van der Waals surface area contributed by atoms with Crippen LogP contribution in [0.2, 0.25) is 13.3 Å². The van der Waals surface area contributed by atoms with Gasteiger partial charge in [0.05, 0.1) is 0 Å². The predicted octanol–water partition coefficient (Wildman–Crippen LogP) is 7.13. The third kappa shape index (κ3) is 6.78. The molecule has 0 fully saturated rings. The Bertz CT molecular complexity index is 463. The molecule has 0 aliphatic carbocycles. The Kier molecular flexibility index (Phi) is 9.86. The van der Waals surface area contributed by atoms with Gasteiger partial charge in [-0.05, 0) is 0 Å². The monoisotopic (exact) mass is 466 g/mol. The molecule has 0 amide bonds. The van der Waals surface area contributed by atoms with Crippen molar-refractivity contribution in [2.24, 2.45) is 0 Å². The van der Waals surface area contributed by atoms with E-state index in [1.165, 1.54) is 12.1 Å². The van der Waals surface area contributed by atoms with E-state index in [0.717, 1.165) is 64.0 Å². The second kappa shape index (κ2) is 10.8. The summed E-state index contributed by atoms with van der Waals surface area (Å²) in [6, 6.07) is 5.25. The minimum absolute atomic E-state index is 0.499. The summed E-state index contributed by atoms with van der Waals surface area (Å²) in [5.41, 5.74) is 0.0621. The topological polar surface area (TPSA) is 20.2 Å². The molecule has 0 saturated carbocycles. The van der Waals surface area contributed by atoms with E-state index < -0.39 is 34.2 Å². The van der Waals surface area contributed by atoms with Crippen molar-refractivity contribution in [3.8, 4) is 0 Å². The second-order valence-electron chi connectivity index (χ2n) is 7.20. The van der Waals surface area contributed by atoms with Gasteiger partial charge in [-0.25, -0.2) is 0 Å². The molecule has 0 spiro atoms. The van der Waals surface area contributed by atoms with Gasteiger partial charge < -0.3 is 0 Å². The number of benzene rings is 1. The van der Waals surface area contributed by atoms with Crippen LogP contribution in [0.4, 0.5) is 13.2 Å². The molecule has 0 aliphatic rings. The van der Waals surface area contributed by atoms with E-state index in [1.807, 2.05) is 0 Å². The van der Waals surface area contributed by atoms with E-state index in [4.69, 9.17) is 0 Å². The predicted molar refractivity (Wildman–Crippen MR) is 101 cm³/mol. The van der Waals surface area contributed by atoms with Crippen molar-refractivity contribution in [2.75, 3.05) is 0 Å². The third-order valence-electron chi connectivity index (χ3n) is 5.22. The summed E-state index contributed by atoms with van der Waals surface area (Å²) in [4.78, 5) is 0. The third-order valence-corrected chi connectivity index (χ3v) is 21.0. The molecule has 0 aliphatic heterocycles. The van der Waals surface area contributed by atoms with E-state index in [-0.39, 0.29) is 0 Å². The van der Waals surface area contributed by atoms with Gasteiger partial charge in [0.15, 0.2) is 0 Å². The summed E-state index contributed by atoms with van der Waals surface area (Å²) in [5.74, 6) is 0. The van der Waals surface area contributed by atoms with E-state index in [2.05, 4.69) is 20.8 Å². The van der Waals surface area contributed by atoms with Gasteiger partial charge in [-0.1, -0.05) is 0 Å². The van der Waals surface area contributed by atoms with Gasteiger partial charge in [-0.15, -0.1) is 0 Å². The van der Waals surface area contributed by atoms with Crippen molar-refractivity contribution in [1.29, 1.82) is 0 Å². The van der Waals surface area contributed by atoms with E-state index >= 15 is 0 Å². The van der Waals surface area contributed by atoms with Crippen LogP contribution < -0.4 is 0 Å². The molecule has 1 N–H and O–H groups in total. The van der Waals surface area contributed by atoms with Crippen LogP contribution in [0.1, 0.15) is 74.5 Å². The first-order valence-corrected chi connectivity index (χ1v) is 17.4. The summed E-state index contributed by atoms with van der Waals surface area (Å²) in [5, 5.41) is 11.2. The van der Waals surface area contributed by atoms with Crippen LogP contribution in [0, 0.1) is 0 Å². The Morgan fingerprint density at radius 2 is 1.24 bits per heavy atom. The Labute approximate surface area is 154 Å². The molecule has 1 aromatic rings. The van der Waals surface area contributed by atoms with Crippen molar-refractivity contribution in [2.45, 2.75) is 82.9 Å². The molecule has 144 valence electrons. The number of unbranched alkanes of at least 4 members (excludes halogenated alkanes) is 3.